The van der Waals surface area contributed by atoms with Crippen molar-refractivity contribution in [2.24, 2.45) is 11.8 Å². The average molecular weight is 401 g/mol. The van der Waals surface area contributed by atoms with E-state index in [-0.39, 0.29) is 18.3 Å². The van der Waals surface area contributed by atoms with E-state index in [4.69, 9.17) is 13.9 Å². The minimum Gasteiger partial charge on any atom is -0.468 e. The molecule has 0 unspecified atom stereocenters. The lowest BCUT2D eigenvalue weighted by Gasteiger charge is -2.37. The molecule has 3 atom stereocenters. The molecular formula is C22H27NO6. The predicted molar refractivity (Wildman–Crippen MR) is 105 cm³/mol. The molecule has 0 bridgehead atoms. The first-order chi connectivity index (χ1) is 13.8. The number of rotatable bonds is 5. The molecule has 0 aromatic carbocycles. The summed E-state index contributed by atoms with van der Waals surface area (Å²) in [5.41, 5.74) is 2.05. The number of ketones is 1. The standard InChI is InChI=1S/C22H27NO6/c1-6-9-28-22(26)17-13(4)23-14-10-11(2)16(21(25)27-5)20(24)18(14)19(17)15-8-7-12(3)29-15/h7-8,11,16,19,23H,6,9-10H2,1-5H3/t11-,16+,19-/m0/s1. The second-order valence-corrected chi connectivity index (χ2v) is 7.62. The number of esters is 2. The van der Waals surface area contributed by atoms with Crippen LogP contribution >= 0.6 is 0 Å². The zero-order chi connectivity index (χ0) is 21.3. The van der Waals surface area contributed by atoms with E-state index in [1.807, 2.05) is 13.8 Å². The van der Waals surface area contributed by atoms with E-state index in [2.05, 4.69) is 5.32 Å². The van der Waals surface area contributed by atoms with Gasteiger partial charge in [-0.3, -0.25) is 9.59 Å². The number of furan rings is 1. The fraction of sp³-hybridized carbons (Fsp3) is 0.500. The molecule has 156 valence electrons. The quantitative estimate of drug-likeness (QED) is 0.598. The zero-order valence-corrected chi connectivity index (χ0v) is 17.5. The monoisotopic (exact) mass is 401 g/mol. The number of aryl methyl sites for hydroxylation is 1. The summed E-state index contributed by atoms with van der Waals surface area (Å²) in [6, 6.07) is 3.55. The topological polar surface area (TPSA) is 94.8 Å². The maximum absolute atomic E-state index is 13.4. The zero-order valence-electron chi connectivity index (χ0n) is 17.5. The van der Waals surface area contributed by atoms with Gasteiger partial charge in [0.15, 0.2) is 5.78 Å². The van der Waals surface area contributed by atoms with Crippen LogP contribution in [0.5, 0.6) is 0 Å². The van der Waals surface area contributed by atoms with Gasteiger partial charge >= 0.3 is 11.9 Å². The number of carbonyl (C=O) groups is 3. The lowest BCUT2D eigenvalue weighted by atomic mass is 9.70. The van der Waals surface area contributed by atoms with Crippen molar-refractivity contribution in [1.29, 1.82) is 0 Å². The number of carbonyl (C=O) groups excluding carboxylic acids is 3. The summed E-state index contributed by atoms with van der Waals surface area (Å²) in [7, 11) is 1.27. The molecule has 29 heavy (non-hydrogen) atoms. The molecule has 0 spiro atoms. The van der Waals surface area contributed by atoms with Crippen LogP contribution in [0.15, 0.2) is 39.1 Å². The number of hydrogen-bond donors (Lipinski definition) is 1. The van der Waals surface area contributed by atoms with Crippen LogP contribution in [0.4, 0.5) is 0 Å². The van der Waals surface area contributed by atoms with Crippen molar-refractivity contribution in [2.45, 2.75) is 46.5 Å². The Morgan fingerprint density at radius 2 is 2.00 bits per heavy atom. The summed E-state index contributed by atoms with van der Waals surface area (Å²) < 4.78 is 16.1. The van der Waals surface area contributed by atoms with Crippen LogP contribution in [0.1, 0.15) is 51.1 Å². The average Bonchev–Trinajstić information content (AvgIpc) is 3.10. The Hall–Kier alpha value is -2.83. The van der Waals surface area contributed by atoms with Gasteiger partial charge in [-0.05, 0) is 44.7 Å². The summed E-state index contributed by atoms with van der Waals surface area (Å²) in [4.78, 5) is 38.6. The van der Waals surface area contributed by atoms with Crippen molar-refractivity contribution in [1.82, 2.24) is 5.32 Å². The summed E-state index contributed by atoms with van der Waals surface area (Å²) in [5.74, 6) is -2.12. The van der Waals surface area contributed by atoms with Crippen LogP contribution in [0.25, 0.3) is 0 Å². The van der Waals surface area contributed by atoms with Gasteiger partial charge in [-0.1, -0.05) is 13.8 Å². The van der Waals surface area contributed by atoms with Crippen LogP contribution in [-0.4, -0.2) is 31.4 Å². The molecule has 0 saturated heterocycles. The van der Waals surface area contributed by atoms with Gasteiger partial charge < -0.3 is 19.2 Å². The van der Waals surface area contributed by atoms with Gasteiger partial charge in [-0.25, -0.2) is 4.79 Å². The molecule has 2 aliphatic rings. The second-order valence-electron chi connectivity index (χ2n) is 7.62. The van der Waals surface area contributed by atoms with E-state index < -0.39 is 23.8 Å². The highest BCUT2D eigenvalue weighted by Crippen LogP contribution is 2.45. The number of methoxy groups -OCH3 is 1. The largest absolute Gasteiger partial charge is 0.468 e. The maximum atomic E-state index is 13.4. The molecule has 1 aliphatic carbocycles. The second kappa shape index (κ2) is 8.27. The van der Waals surface area contributed by atoms with Crippen molar-refractivity contribution in [3.63, 3.8) is 0 Å². The van der Waals surface area contributed by atoms with Crippen molar-refractivity contribution >= 4 is 17.7 Å². The van der Waals surface area contributed by atoms with Crippen LogP contribution < -0.4 is 5.32 Å². The Balaban J connectivity index is 2.13. The predicted octanol–water partition coefficient (Wildman–Crippen LogP) is 3.15. The number of Topliss-reactive ketones (excluding diaryl/α,β-unsaturated/α-hetero) is 1. The Kier molecular flexibility index (Phi) is 5.96. The summed E-state index contributed by atoms with van der Waals surface area (Å²) >= 11 is 0. The minimum atomic E-state index is -0.912. The molecule has 3 rings (SSSR count). The van der Waals surface area contributed by atoms with Gasteiger partial charge in [0.1, 0.15) is 17.4 Å². The lowest BCUT2D eigenvalue weighted by Crippen LogP contribution is -2.43. The first-order valence-electron chi connectivity index (χ1n) is 9.86. The molecular weight excluding hydrogens is 374 g/mol. The summed E-state index contributed by atoms with van der Waals surface area (Å²) in [6.45, 7) is 7.63. The first-order valence-corrected chi connectivity index (χ1v) is 9.86. The SMILES string of the molecule is CCCOC(=O)C1=C(C)NC2=C(C(=O)[C@H](C(=O)OC)[C@@H](C)C2)[C@H]1c1ccc(C)o1. The third kappa shape index (κ3) is 3.73. The van der Waals surface area contributed by atoms with Gasteiger partial charge in [0, 0.05) is 17.0 Å². The minimum absolute atomic E-state index is 0.221. The number of hydrogen-bond acceptors (Lipinski definition) is 7. The van der Waals surface area contributed by atoms with E-state index in [1.165, 1.54) is 7.11 Å². The lowest BCUT2D eigenvalue weighted by molar-refractivity contribution is -0.151. The highest BCUT2D eigenvalue weighted by molar-refractivity contribution is 6.12. The fourth-order valence-corrected chi connectivity index (χ4v) is 4.12. The molecule has 1 aromatic rings. The van der Waals surface area contributed by atoms with Crippen LogP contribution in [-0.2, 0) is 23.9 Å². The fourth-order valence-electron chi connectivity index (χ4n) is 4.12. The highest BCUT2D eigenvalue weighted by Gasteiger charge is 2.48. The number of dihydropyridines is 1. The Morgan fingerprint density at radius 3 is 2.59 bits per heavy atom. The maximum Gasteiger partial charge on any atom is 0.336 e. The summed E-state index contributed by atoms with van der Waals surface area (Å²) in [5, 5.41) is 3.21. The van der Waals surface area contributed by atoms with Gasteiger partial charge in [0.2, 0.25) is 0 Å². The van der Waals surface area contributed by atoms with Gasteiger partial charge in [-0.2, -0.15) is 0 Å². The van der Waals surface area contributed by atoms with Crippen LogP contribution in [0.2, 0.25) is 0 Å². The molecule has 2 heterocycles. The van der Waals surface area contributed by atoms with E-state index in [9.17, 15) is 14.4 Å². The van der Waals surface area contributed by atoms with Gasteiger partial charge in [0.05, 0.1) is 25.2 Å². The molecule has 0 amide bonds. The third-order valence-electron chi connectivity index (χ3n) is 5.45. The molecule has 7 heteroatoms. The van der Waals surface area contributed by atoms with Gasteiger partial charge in [0.25, 0.3) is 0 Å². The van der Waals surface area contributed by atoms with E-state index in [0.717, 1.165) is 0 Å². The molecule has 0 saturated carbocycles. The smallest absolute Gasteiger partial charge is 0.336 e. The normalized spacial score (nSPS) is 24.2. The van der Waals surface area contributed by atoms with E-state index in [0.29, 0.717) is 46.9 Å². The van der Waals surface area contributed by atoms with Gasteiger partial charge in [-0.15, -0.1) is 0 Å². The molecule has 1 N–H and O–H groups in total. The molecule has 0 radical (unpaired) electrons. The molecule has 1 aromatic heterocycles. The van der Waals surface area contributed by atoms with Crippen molar-refractivity contribution in [3.8, 4) is 0 Å². The van der Waals surface area contributed by atoms with Crippen LogP contribution in [0.3, 0.4) is 0 Å². The van der Waals surface area contributed by atoms with Crippen LogP contribution in [0, 0.1) is 18.8 Å². The Labute approximate surface area is 170 Å². The Bertz CT molecular complexity index is 906. The van der Waals surface area contributed by atoms with Crippen molar-refractivity contribution < 1.29 is 28.3 Å². The molecule has 0 fully saturated rings. The van der Waals surface area contributed by atoms with E-state index in [1.54, 1.807) is 26.0 Å². The first kappa shape index (κ1) is 20.9. The summed E-state index contributed by atoms with van der Waals surface area (Å²) in [6.07, 6.45) is 1.18. The molecule has 7 nitrogen and oxygen atoms in total. The number of ether oxygens (including phenoxy) is 2. The van der Waals surface area contributed by atoms with E-state index >= 15 is 0 Å². The Morgan fingerprint density at radius 1 is 1.28 bits per heavy atom. The number of allylic oxidation sites excluding steroid dienone is 3. The van der Waals surface area contributed by atoms with Crippen molar-refractivity contribution in [3.05, 3.63) is 46.2 Å². The molecule has 1 aliphatic heterocycles. The number of nitrogens with one attached hydrogen (secondary N) is 1. The third-order valence-corrected chi connectivity index (χ3v) is 5.45. The highest BCUT2D eigenvalue weighted by atomic mass is 16.5. The van der Waals surface area contributed by atoms with Crippen molar-refractivity contribution in [2.75, 3.05) is 13.7 Å².